The van der Waals surface area contributed by atoms with E-state index in [2.05, 4.69) is 20.3 Å². The Morgan fingerprint density at radius 2 is 2.26 bits per heavy atom. The van der Waals surface area contributed by atoms with Crippen LogP contribution in [0.4, 0.5) is 10.3 Å². The maximum absolute atomic E-state index is 13.9. The summed E-state index contributed by atoms with van der Waals surface area (Å²) < 4.78 is 20.3. The summed E-state index contributed by atoms with van der Waals surface area (Å²) in [4.78, 5) is 7.39. The molecule has 2 aromatic rings. The first kappa shape index (κ1) is 12.0. The molecule has 0 bridgehead atoms. The number of halogens is 1. The molecule has 0 amide bonds. The fourth-order valence-corrected chi connectivity index (χ4v) is 2.04. The number of fused-ring (bicyclic) bond motifs is 1. The molecule has 1 aliphatic rings. The lowest BCUT2D eigenvalue weighted by molar-refractivity contribution is -0.0420. The van der Waals surface area contributed by atoms with Crippen molar-refractivity contribution in [2.45, 2.75) is 24.9 Å². The number of aliphatic hydroxyl groups excluding tert-OH is 1. The van der Waals surface area contributed by atoms with Crippen molar-refractivity contribution in [2.75, 3.05) is 12.3 Å². The molecule has 0 aromatic carbocycles. The normalized spacial score (nSPS) is 27.2. The third-order valence-corrected chi connectivity index (χ3v) is 2.90. The van der Waals surface area contributed by atoms with Gasteiger partial charge in [0.2, 0.25) is 11.8 Å². The van der Waals surface area contributed by atoms with Gasteiger partial charge in [-0.15, -0.1) is 5.10 Å². The predicted octanol–water partition coefficient (Wildman–Crippen LogP) is -0.873. The minimum atomic E-state index is -1.36. The summed E-state index contributed by atoms with van der Waals surface area (Å²) in [7, 11) is 0. The van der Waals surface area contributed by atoms with Crippen LogP contribution in [0.1, 0.15) is 12.6 Å². The van der Waals surface area contributed by atoms with E-state index in [4.69, 9.17) is 15.6 Å². The number of aromatic hydroxyl groups is 1. The first-order chi connectivity index (χ1) is 9.10. The number of nitrogens with zero attached hydrogens (tertiary/aromatic N) is 5. The Hall–Kier alpha value is -2.07. The van der Waals surface area contributed by atoms with E-state index in [0.717, 1.165) is 4.68 Å². The van der Waals surface area contributed by atoms with E-state index in [1.165, 1.54) is 0 Å². The van der Waals surface area contributed by atoms with Crippen molar-refractivity contribution in [2.24, 2.45) is 0 Å². The molecule has 0 saturated carbocycles. The highest BCUT2D eigenvalue weighted by Crippen LogP contribution is 2.33. The van der Waals surface area contributed by atoms with Crippen molar-refractivity contribution in [1.82, 2.24) is 25.0 Å². The van der Waals surface area contributed by atoms with Gasteiger partial charge in [-0.3, -0.25) is 0 Å². The van der Waals surface area contributed by atoms with E-state index < -0.39 is 24.4 Å². The van der Waals surface area contributed by atoms with Gasteiger partial charge in [0.1, 0.15) is 6.17 Å². The first-order valence-corrected chi connectivity index (χ1v) is 5.58. The third-order valence-electron chi connectivity index (χ3n) is 2.90. The second-order valence-corrected chi connectivity index (χ2v) is 4.19. The zero-order chi connectivity index (χ0) is 13.6. The number of alkyl halides is 1. The van der Waals surface area contributed by atoms with Crippen LogP contribution in [-0.4, -0.2) is 54.1 Å². The lowest BCUT2D eigenvalue weighted by atomic mass is 10.2. The molecule has 0 aliphatic carbocycles. The Morgan fingerprint density at radius 1 is 1.47 bits per heavy atom. The Balaban J connectivity index is 2.06. The summed E-state index contributed by atoms with van der Waals surface area (Å²) in [5, 5.41) is 25.9. The molecule has 0 radical (unpaired) electrons. The first-order valence-electron chi connectivity index (χ1n) is 5.58. The highest BCUT2D eigenvalue weighted by atomic mass is 19.1. The van der Waals surface area contributed by atoms with Crippen molar-refractivity contribution in [3.63, 3.8) is 0 Å². The van der Waals surface area contributed by atoms with E-state index in [1.807, 2.05) is 0 Å². The number of aromatic nitrogens is 5. The highest BCUT2D eigenvalue weighted by molar-refractivity contribution is 5.76. The zero-order valence-corrected chi connectivity index (χ0v) is 9.64. The molecule has 4 N–H and O–H groups in total. The minimum absolute atomic E-state index is 0.0115. The standard InChI is InChI=1S/C9H11FN6O3/c10-4-1-3(2-17)19-8(4)16-6-5(14-15-16)7(18)13-9(11)12-6/h3-4,8,17H,1-2H2,(H3,11,12,13,18)/t3-,4+,8+/m0/s1. The predicted molar refractivity (Wildman–Crippen MR) is 59.7 cm³/mol. The fourth-order valence-electron chi connectivity index (χ4n) is 2.04. The summed E-state index contributed by atoms with van der Waals surface area (Å²) in [6, 6.07) is 0. The van der Waals surface area contributed by atoms with Crippen LogP contribution in [0.5, 0.6) is 5.88 Å². The molecule has 102 valence electrons. The smallest absolute Gasteiger partial charge is 0.246 e. The Labute approximate surface area is 105 Å². The second-order valence-electron chi connectivity index (χ2n) is 4.19. The van der Waals surface area contributed by atoms with Gasteiger partial charge in [0.05, 0.1) is 12.7 Å². The van der Waals surface area contributed by atoms with E-state index in [1.54, 1.807) is 0 Å². The van der Waals surface area contributed by atoms with Gasteiger partial charge in [-0.2, -0.15) is 14.6 Å². The number of rotatable bonds is 2. The van der Waals surface area contributed by atoms with Crippen LogP contribution in [0.25, 0.3) is 11.2 Å². The summed E-state index contributed by atoms with van der Waals surface area (Å²) in [5.41, 5.74) is 5.51. The van der Waals surface area contributed by atoms with Crippen molar-refractivity contribution in [3.8, 4) is 5.88 Å². The maximum Gasteiger partial charge on any atom is 0.246 e. The molecule has 0 spiro atoms. The van der Waals surface area contributed by atoms with E-state index in [-0.39, 0.29) is 30.1 Å². The van der Waals surface area contributed by atoms with Crippen LogP contribution < -0.4 is 5.73 Å². The molecular weight excluding hydrogens is 259 g/mol. The Kier molecular flexibility index (Phi) is 2.68. The number of aliphatic hydroxyl groups is 1. The van der Waals surface area contributed by atoms with Crippen LogP contribution in [0.3, 0.4) is 0 Å². The van der Waals surface area contributed by atoms with Gasteiger partial charge in [-0.1, -0.05) is 5.21 Å². The van der Waals surface area contributed by atoms with Crippen molar-refractivity contribution in [1.29, 1.82) is 0 Å². The highest BCUT2D eigenvalue weighted by Gasteiger charge is 2.38. The van der Waals surface area contributed by atoms with Gasteiger partial charge < -0.3 is 20.7 Å². The monoisotopic (exact) mass is 270 g/mol. The molecule has 9 nitrogen and oxygen atoms in total. The molecule has 2 aromatic heterocycles. The van der Waals surface area contributed by atoms with Gasteiger partial charge >= 0.3 is 0 Å². The number of hydrogen-bond acceptors (Lipinski definition) is 8. The molecule has 19 heavy (non-hydrogen) atoms. The van der Waals surface area contributed by atoms with Crippen molar-refractivity contribution < 1.29 is 19.3 Å². The number of anilines is 1. The molecule has 10 heteroatoms. The van der Waals surface area contributed by atoms with Crippen molar-refractivity contribution in [3.05, 3.63) is 0 Å². The average Bonchev–Trinajstić information content (AvgIpc) is 2.92. The number of ether oxygens (including phenoxy) is 1. The maximum atomic E-state index is 13.9. The van der Waals surface area contributed by atoms with Gasteiger partial charge in [-0.05, 0) is 0 Å². The van der Waals surface area contributed by atoms with Gasteiger partial charge in [0, 0.05) is 6.42 Å². The Morgan fingerprint density at radius 3 is 2.95 bits per heavy atom. The average molecular weight is 270 g/mol. The number of nitrogens with two attached hydrogens (primary N) is 1. The lowest BCUT2D eigenvalue weighted by Gasteiger charge is -2.13. The molecule has 1 aliphatic heterocycles. The van der Waals surface area contributed by atoms with E-state index >= 15 is 0 Å². The van der Waals surface area contributed by atoms with Crippen molar-refractivity contribution >= 4 is 17.1 Å². The Bertz CT molecular complexity index is 619. The van der Waals surface area contributed by atoms with Crippen LogP contribution in [-0.2, 0) is 4.74 Å². The van der Waals surface area contributed by atoms with Crippen LogP contribution in [0, 0.1) is 0 Å². The molecule has 3 heterocycles. The third kappa shape index (κ3) is 1.85. The molecule has 1 saturated heterocycles. The van der Waals surface area contributed by atoms with Crippen LogP contribution in [0.15, 0.2) is 0 Å². The summed E-state index contributed by atoms with van der Waals surface area (Å²) in [6.45, 7) is -0.286. The largest absolute Gasteiger partial charge is 0.492 e. The minimum Gasteiger partial charge on any atom is -0.492 e. The molecule has 0 unspecified atom stereocenters. The van der Waals surface area contributed by atoms with E-state index in [0.29, 0.717) is 0 Å². The molecule has 3 rings (SSSR count). The van der Waals surface area contributed by atoms with Gasteiger partial charge in [-0.25, -0.2) is 4.39 Å². The second kappa shape index (κ2) is 4.24. The summed E-state index contributed by atoms with van der Waals surface area (Å²) >= 11 is 0. The lowest BCUT2D eigenvalue weighted by Crippen LogP contribution is -2.19. The van der Waals surface area contributed by atoms with Crippen LogP contribution >= 0.6 is 0 Å². The van der Waals surface area contributed by atoms with Gasteiger partial charge in [0.15, 0.2) is 17.4 Å². The molecule has 3 atom stereocenters. The number of nitrogen functional groups attached to an aromatic ring is 1. The molecule has 1 fully saturated rings. The summed E-state index contributed by atoms with van der Waals surface area (Å²) in [6.07, 6.45) is -2.97. The zero-order valence-electron chi connectivity index (χ0n) is 9.64. The van der Waals surface area contributed by atoms with Gasteiger partial charge in [0.25, 0.3) is 0 Å². The fraction of sp³-hybridized carbons (Fsp3) is 0.556. The SMILES string of the molecule is Nc1nc(O)c2nnn([C@@H]3O[C@H](CO)C[C@H]3F)c2n1. The van der Waals surface area contributed by atoms with E-state index in [9.17, 15) is 9.50 Å². The molecular formula is C9H11FN6O3. The number of hydrogen-bond donors (Lipinski definition) is 3. The topological polar surface area (TPSA) is 132 Å². The quantitative estimate of drug-likeness (QED) is 0.641. The van der Waals surface area contributed by atoms with Crippen LogP contribution in [0.2, 0.25) is 0 Å². The summed E-state index contributed by atoms with van der Waals surface area (Å²) in [5.74, 6) is -0.610.